The number of allylic oxidation sites excluding steroid dienone is 2. The minimum Gasteiger partial charge on any atom is -0.413 e. The first-order valence-corrected chi connectivity index (χ1v) is 8.77. The van der Waals surface area contributed by atoms with Gasteiger partial charge in [0.05, 0.1) is 0 Å². The molecule has 0 aliphatic carbocycles. The van der Waals surface area contributed by atoms with Crippen molar-refractivity contribution < 1.29 is 4.43 Å². The van der Waals surface area contributed by atoms with Crippen molar-refractivity contribution >= 4 is 13.5 Å². The lowest BCUT2D eigenvalue weighted by Crippen LogP contribution is -2.49. The lowest BCUT2D eigenvalue weighted by Gasteiger charge is -2.31. The summed E-state index contributed by atoms with van der Waals surface area (Å²) in [6.45, 7) is 10.0. The standard InChI is InChI=1S/C11H16OSi.C4H6/c1-13(10-6-5-9-12-13)11-7-3-2-4-8-11;1-3-4-2/h2-4,7-8H,5-6,9-10H2,1H3;3-4H,1-2H2. The fraction of sp³-hybridized carbons (Fsp3) is 0.333. The second-order valence-corrected chi connectivity index (χ2v) is 8.20. The fourth-order valence-electron chi connectivity index (χ4n) is 1.95. The zero-order valence-electron chi connectivity index (χ0n) is 10.7. The van der Waals surface area contributed by atoms with Crippen molar-refractivity contribution in [2.75, 3.05) is 6.61 Å². The summed E-state index contributed by atoms with van der Waals surface area (Å²) in [5.41, 5.74) is 0. The van der Waals surface area contributed by atoms with E-state index >= 15 is 0 Å². The zero-order chi connectivity index (χ0) is 12.6. The Bertz CT molecular complexity index is 333. The van der Waals surface area contributed by atoms with Crippen molar-refractivity contribution in [2.45, 2.75) is 25.4 Å². The van der Waals surface area contributed by atoms with Crippen LogP contribution in [0.2, 0.25) is 12.6 Å². The molecule has 0 bridgehead atoms. The Morgan fingerprint density at radius 3 is 2.24 bits per heavy atom. The van der Waals surface area contributed by atoms with Crippen molar-refractivity contribution in [2.24, 2.45) is 0 Å². The average molecular weight is 246 g/mol. The van der Waals surface area contributed by atoms with Crippen LogP contribution in [0, 0.1) is 0 Å². The number of benzene rings is 1. The maximum absolute atomic E-state index is 5.99. The van der Waals surface area contributed by atoms with Crippen LogP contribution in [0.4, 0.5) is 0 Å². The Morgan fingerprint density at radius 1 is 1.12 bits per heavy atom. The van der Waals surface area contributed by atoms with Crippen LogP contribution in [-0.4, -0.2) is 14.9 Å². The molecule has 1 unspecified atom stereocenters. The first-order valence-electron chi connectivity index (χ1n) is 6.16. The van der Waals surface area contributed by atoms with Gasteiger partial charge in [0.15, 0.2) is 0 Å². The number of hydrogen-bond acceptors (Lipinski definition) is 1. The molecule has 17 heavy (non-hydrogen) atoms. The highest BCUT2D eigenvalue weighted by Crippen LogP contribution is 2.21. The van der Waals surface area contributed by atoms with Crippen molar-refractivity contribution in [3.8, 4) is 0 Å². The monoisotopic (exact) mass is 246 g/mol. The zero-order valence-corrected chi connectivity index (χ0v) is 11.7. The van der Waals surface area contributed by atoms with Crippen LogP contribution in [0.3, 0.4) is 0 Å². The van der Waals surface area contributed by atoms with E-state index in [9.17, 15) is 0 Å². The van der Waals surface area contributed by atoms with Gasteiger partial charge in [0.1, 0.15) is 0 Å². The van der Waals surface area contributed by atoms with Gasteiger partial charge in [0.25, 0.3) is 0 Å². The summed E-state index contributed by atoms with van der Waals surface area (Å²) in [7, 11) is -1.51. The molecule has 0 spiro atoms. The van der Waals surface area contributed by atoms with Gasteiger partial charge in [-0.25, -0.2) is 0 Å². The molecule has 1 heterocycles. The van der Waals surface area contributed by atoms with Crippen LogP contribution in [0.15, 0.2) is 55.6 Å². The molecule has 1 nitrogen and oxygen atoms in total. The Labute approximate surface area is 106 Å². The Kier molecular flexibility index (Phi) is 5.95. The second kappa shape index (κ2) is 7.25. The molecule has 0 aromatic heterocycles. The lowest BCUT2D eigenvalue weighted by molar-refractivity contribution is 0.279. The topological polar surface area (TPSA) is 9.23 Å². The van der Waals surface area contributed by atoms with E-state index in [1.54, 1.807) is 12.2 Å². The maximum atomic E-state index is 5.99. The third-order valence-corrected chi connectivity index (χ3v) is 6.72. The van der Waals surface area contributed by atoms with E-state index in [-0.39, 0.29) is 0 Å². The third kappa shape index (κ3) is 4.33. The van der Waals surface area contributed by atoms with E-state index in [1.165, 1.54) is 24.1 Å². The molecule has 1 atom stereocenters. The molecular formula is C15H22OSi. The highest BCUT2D eigenvalue weighted by atomic mass is 28.4. The molecule has 0 radical (unpaired) electrons. The predicted molar refractivity (Wildman–Crippen MR) is 78.1 cm³/mol. The van der Waals surface area contributed by atoms with Crippen LogP contribution < -0.4 is 5.19 Å². The lowest BCUT2D eigenvalue weighted by atomic mass is 10.3. The molecule has 1 saturated heterocycles. The van der Waals surface area contributed by atoms with Gasteiger partial charge in [-0.05, 0) is 24.2 Å². The minimum atomic E-state index is -1.51. The molecule has 2 rings (SSSR count). The molecular weight excluding hydrogens is 224 g/mol. The van der Waals surface area contributed by atoms with Gasteiger partial charge in [-0.1, -0.05) is 62.1 Å². The Balaban J connectivity index is 0.000000317. The normalized spacial score (nSPS) is 23.1. The van der Waals surface area contributed by atoms with Crippen LogP contribution in [-0.2, 0) is 4.43 Å². The molecule has 92 valence electrons. The highest BCUT2D eigenvalue weighted by molar-refractivity contribution is 6.85. The molecule has 0 amide bonds. The second-order valence-electron chi connectivity index (χ2n) is 4.37. The largest absolute Gasteiger partial charge is 0.413 e. The van der Waals surface area contributed by atoms with Gasteiger partial charge >= 0.3 is 0 Å². The van der Waals surface area contributed by atoms with Gasteiger partial charge in [-0.3, -0.25) is 0 Å². The third-order valence-electron chi connectivity index (χ3n) is 3.02. The quantitative estimate of drug-likeness (QED) is 0.572. The summed E-state index contributed by atoms with van der Waals surface area (Å²) in [5.74, 6) is 0. The van der Waals surface area contributed by atoms with Crippen LogP contribution in [0.25, 0.3) is 0 Å². The molecule has 1 aliphatic heterocycles. The predicted octanol–water partition coefficient (Wildman–Crippen LogP) is 3.64. The van der Waals surface area contributed by atoms with E-state index in [4.69, 9.17) is 4.43 Å². The molecule has 1 aromatic rings. The van der Waals surface area contributed by atoms with E-state index < -0.39 is 8.32 Å². The highest BCUT2D eigenvalue weighted by Gasteiger charge is 2.32. The summed E-state index contributed by atoms with van der Waals surface area (Å²) in [6.07, 6.45) is 5.87. The van der Waals surface area contributed by atoms with Gasteiger partial charge in [0, 0.05) is 6.61 Å². The summed E-state index contributed by atoms with van der Waals surface area (Å²) in [5, 5.41) is 1.45. The van der Waals surface area contributed by atoms with E-state index in [0.29, 0.717) is 0 Å². The van der Waals surface area contributed by atoms with Crippen molar-refractivity contribution in [3.05, 3.63) is 55.6 Å². The number of hydrogen-bond donors (Lipinski definition) is 0. The Hall–Kier alpha value is -1.12. The van der Waals surface area contributed by atoms with E-state index in [2.05, 4.69) is 50.0 Å². The number of rotatable bonds is 2. The van der Waals surface area contributed by atoms with Gasteiger partial charge in [0.2, 0.25) is 8.32 Å². The SMILES string of the molecule is C=CC=C.C[Si]1(c2ccccc2)CCCCO1. The van der Waals surface area contributed by atoms with E-state index in [0.717, 1.165) is 6.61 Å². The molecule has 1 fully saturated rings. The van der Waals surface area contributed by atoms with Crippen LogP contribution in [0.1, 0.15) is 12.8 Å². The molecule has 2 heteroatoms. The molecule has 1 aromatic carbocycles. The van der Waals surface area contributed by atoms with Gasteiger partial charge in [-0.15, -0.1) is 0 Å². The Morgan fingerprint density at radius 2 is 1.76 bits per heavy atom. The van der Waals surface area contributed by atoms with E-state index in [1.807, 2.05) is 0 Å². The summed E-state index contributed by atoms with van der Waals surface area (Å²) in [6, 6.07) is 12.0. The van der Waals surface area contributed by atoms with Crippen LogP contribution in [0.5, 0.6) is 0 Å². The smallest absolute Gasteiger partial charge is 0.221 e. The van der Waals surface area contributed by atoms with Crippen molar-refractivity contribution in [1.82, 2.24) is 0 Å². The maximum Gasteiger partial charge on any atom is 0.221 e. The van der Waals surface area contributed by atoms with Gasteiger partial charge < -0.3 is 4.43 Å². The van der Waals surface area contributed by atoms with Crippen LogP contribution >= 0.6 is 0 Å². The first kappa shape index (κ1) is 13.9. The summed E-state index contributed by atoms with van der Waals surface area (Å²) in [4.78, 5) is 0. The fourth-order valence-corrected chi connectivity index (χ4v) is 4.97. The molecule has 1 aliphatic rings. The molecule has 0 N–H and O–H groups in total. The van der Waals surface area contributed by atoms with Crippen molar-refractivity contribution in [1.29, 1.82) is 0 Å². The van der Waals surface area contributed by atoms with Gasteiger partial charge in [-0.2, -0.15) is 0 Å². The minimum absolute atomic E-state index is 0.970. The average Bonchev–Trinajstić information content (AvgIpc) is 2.41. The first-order chi connectivity index (χ1) is 8.23. The summed E-state index contributed by atoms with van der Waals surface area (Å²) >= 11 is 0. The van der Waals surface area contributed by atoms with Crippen molar-refractivity contribution in [3.63, 3.8) is 0 Å². The molecule has 0 saturated carbocycles. The summed E-state index contributed by atoms with van der Waals surface area (Å²) < 4.78 is 5.99.